The van der Waals surface area contributed by atoms with E-state index in [1.807, 2.05) is 0 Å². The van der Waals surface area contributed by atoms with Crippen molar-refractivity contribution in [2.45, 2.75) is 0 Å². The van der Waals surface area contributed by atoms with Crippen molar-refractivity contribution < 1.29 is 70.3 Å². The van der Waals surface area contributed by atoms with Gasteiger partial charge in [0.1, 0.15) is 0 Å². The minimum Gasteiger partial charge on any atom is -2.00 e. The average molecular weight is 154 g/mol. The predicted octanol–water partition coefficient (Wildman–Crippen LogP) is -3.01. The molecule has 0 unspecified atom stereocenters. The van der Waals surface area contributed by atoms with Gasteiger partial charge in [0.05, 0.1) is 0 Å². The van der Waals surface area contributed by atoms with E-state index in [1.54, 1.807) is 0 Å². The van der Waals surface area contributed by atoms with Crippen LogP contribution in [-0.4, -0.2) is 0 Å². The van der Waals surface area contributed by atoms with Gasteiger partial charge in [-0.2, -0.15) is 0 Å². The van der Waals surface area contributed by atoms with Gasteiger partial charge in [-0.25, -0.2) is 0 Å². The molecule has 1 nitrogen and oxygen atoms in total. The summed E-state index contributed by atoms with van der Waals surface area (Å²) in [5, 5.41) is 0. The van der Waals surface area contributed by atoms with Crippen molar-refractivity contribution in [1.29, 1.82) is 0 Å². The molecule has 2 radical (unpaired) electrons. The van der Waals surface area contributed by atoms with Crippen molar-refractivity contribution in [3.63, 3.8) is 0 Å². The topological polar surface area (TPSA) is 28.5 Å². The van der Waals surface area contributed by atoms with Crippen molar-refractivity contribution in [2.75, 3.05) is 0 Å². The van der Waals surface area contributed by atoms with E-state index in [-0.39, 0.29) is 70.3 Å². The first-order valence-corrected chi connectivity index (χ1v) is 0. The van der Waals surface area contributed by atoms with Crippen LogP contribution in [-0.2, 0) is 39.3 Å². The average Bonchev–Trinajstić information content (AvgIpc) is 0. The molecule has 0 aliphatic carbocycles. The first-order valence-electron chi connectivity index (χ1n) is 0. The molecule has 0 saturated heterocycles. The van der Waals surface area contributed by atoms with Gasteiger partial charge in [-0.3, -0.25) is 0 Å². The van der Waals surface area contributed by atoms with Crippen LogP contribution in [0.2, 0.25) is 0 Å². The summed E-state index contributed by atoms with van der Waals surface area (Å²) in [5.74, 6) is 0. The Morgan fingerprint density at radius 3 is 1.25 bits per heavy atom. The molecule has 0 aliphatic heterocycles. The number of rotatable bonds is 0. The van der Waals surface area contributed by atoms with Crippen LogP contribution in [0.15, 0.2) is 0 Å². The number of hydrogen-bond acceptors (Lipinski definition) is 0. The molecule has 0 aromatic rings. The fourth-order valence-electron chi connectivity index (χ4n) is 0. The first kappa shape index (κ1) is 37.7. The third-order valence-corrected chi connectivity index (χ3v) is 0. The Balaban J connectivity index is 0. The SMILES string of the molecule is [Co].[H-].[Mn+2].[Na+].[O-2]. The van der Waals surface area contributed by atoms with E-state index in [1.165, 1.54) is 0 Å². The molecule has 0 aliphatic rings. The molecule has 4 heavy (non-hydrogen) atoms. The van der Waals surface area contributed by atoms with Gasteiger partial charge in [0.15, 0.2) is 0 Å². The zero-order chi connectivity index (χ0) is 0. The fourth-order valence-corrected chi connectivity index (χ4v) is 0. The van der Waals surface area contributed by atoms with Crippen LogP contribution >= 0.6 is 0 Å². The van der Waals surface area contributed by atoms with Crippen LogP contribution in [0.3, 0.4) is 0 Å². The summed E-state index contributed by atoms with van der Waals surface area (Å²) >= 11 is 0. The first-order chi connectivity index (χ1) is 0. The smallest absolute Gasteiger partial charge is 2.00 e. The maximum Gasteiger partial charge on any atom is 2.00 e. The molecule has 0 aromatic heterocycles. The molecule has 0 amide bonds. The second-order valence-electron chi connectivity index (χ2n) is 0. The quantitative estimate of drug-likeness (QED) is 0.332. The second kappa shape index (κ2) is 20.1. The molecule has 0 bridgehead atoms. The van der Waals surface area contributed by atoms with Gasteiger partial charge in [0.25, 0.3) is 0 Å². The van der Waals surface area contributed by atoms with E-state index < -0.39 is 0 Å². The molecule has 24 valence electrons. The predicted molar refractivity (Wildman–Crippen MR) is 1.80 cm³/mol. The Bertz CT molecular complexity index is 11.6. The molecule has 0 aromatic carbocycles. The third kappa shape index (κ3) is 9.01. The summed E-state index contributed by atoms with van der Waals surface area (Å²) in [7, 11) is 0. The summed E-state index contributed by atoms with van der Waals surface area (Å²) in [5.41, 5.74) is 0. The van der Waals surface area contributed by atoms with Crippen LogP contribution in [0.25, 0.3) is 0 Å². The molecule has 0 spiro atoms. The van der Waals surface area contributed by atoms with Crippen molar-refractivity contribution in [2.24, 2.45) is 0 Å². The van der Waals surface area contributed by atoms with E-state index in [0.29, 0.717) is 0 Å². The minimum atomic E-state index is 0. The van der Waals surface area contributed by atoms with E-state index in [4.69, 9.17) is 0 Å². The largest absolute Gasteiger partial charge is 2.00 e. The van der Waals surface area contributed by atoms with E-state index in [2.05, 4.69) is 0 Å². The molecule has 0 fully saturated rings. The maximum atomic E-state index is 0. The molecule has 0 atom stereocenters. The zero-order valence-electron chi connectivity index (χ0n) is 3.12. The van der Waals surface area contributed by atoms with Crippen LogP contribution in [0.1, 0.15) is 1.43 Å². The second-order valence-corrected chi connectivity index (χ2v) is 0. The summed E-state index contributed by atoms with van der Waals surface area (Å²) in [6.07, 6.45) is 0. The molecular formula is HCoMnNaO. The Morgan fingerprint density at radius 1 is 1.25 bits per heavy atom. The van der Waals surface area contributed by atoms with Crippen LogP contribution in [0.5, 0.6) is 0 Å². The van der Waals surface area contributed by atoms with Crippen molar-refractivity contribution >= 4 is 0 Å². The maximum absolute atomic E-state index is 0. The number of hydrogen-bond donors (Lipinski definition) is 0. The Morgan fingerprint density at radius 2 is 1.25 bits per heavy atom. The van der Waals surface area contributed by atoms with E-state index in [9.17, 15) is 0 Å². The van der Waals surface area contributed by atoms with Gasteiger partial charge in [0, 0.05) is 16.8 Å². The molecule has 0 rings (SSSR count). The van der Waals surface area contributed by atoms with Crippen LogP contribution < -0.4 is 29.6 Å². The normalized spacial score (nSPS) is 0. The van der Waals surface area contributed by atoms with Crippen molar-refractivity contribution in [3.8, 4) is 0 Å². The molecule has 4 heteroatoms. The van der Waals surface area contributed by atoms with Crippen molar-refractivity contribution in [1.82, 2.24) is 0 Å². The minimum absolute atomic E-state index is 0. The van der Waals surface area contributed by atoms with Crippen LogP contribution in [0, 0.1) is 0 Å². The monoisotopic (exact) mass is 154 g/mol. The Kier molecular flexibility index (Phi) is 189. The van der Waals surface area contributed by atoms with Gasteiger partial charge >= 0.3 is 46.6 Å². The molecule has 0 N–H and O–H groups in total. The van der Waals surface area contributed by atoms with Crippen molar-refractivity contribution in [3.05, 3.63) is 0 Å². The Labute approximate surface area is 69.7 Å². The molecule has 0 heterocycles. The fraction of sp³-hybridized carbons (Fsp3) is 0. The summed E-state index contributed by atoms with van der Waals surface area (Å²) in [6, 6.07) is 0. The van der Waals surface area contributed by atoms with Gasteiger partial charge < -0.3 is 6.90 Å². The van der Waals surface area contributed by atoms with E-state index in [0.717, 1.165) is 0 Å². The standard InChI is InChI=1S/Co.Mn.Na.O.H/q;+2;+1;-2;-1. The van der Waals surface area contributed by atoms with Gasteiger partial charge in [-0.1, -0.05) is 0 Å². The van der Waals surface area contributed by atoms with Crippen LogP contribution in [0.4, 0.5) is 0 Å². The van der Waals surface area contributed by atoms with Gasteiger partial charge in [-0.05, 0) is 0 Å². The summed E-state index contributed by atoms with van der Waals surface area (Å²) in [6.45, 7) is 0. The zero-order valence-corrected chi connectivity index (χ0v) is 6.34. The summed E-state index contributed by atoms with van der Waals surface area (Å²) < 4.78 is 0. The summed E-state index contributed by atoms with van der Waals surface area (Å²) in [4.78, 5) is 0. The van der Waals surface area contributed by atoms with Gasteiger partial charge in [-0.15, -0.1) is 0 Å². The molecular weight excluding hydrogens is 153 g/mol. The third-order valence-electron chi connectivity index (χ3n) is 0. The van der Waals surface area contributed by atoms with Gasteiger partial charge in [0.2, 0.25) is 0 Å². The van der Waals surface area contributed by atoms with E-state index >= 15 is 0 Å². The Hall–Kier alpha value is 1.99. The molecule has 0 saturated carbocycles.